The Morgan fingerprint density at radius 1 is 1.50 bits per heavy atom. The first kappa shape index (κ1) is 11.7. The number of imidazole rings is 1. The standard InChI is InChI=1S/C13H11N3O3S/c17-12-11-8(3-5-20-11)16-6-14-9(13(18)19)10(16)7-2-1-4-15(7)12/h3,5-7H,1-2,4H2,(H,18,19)/t7-/m0/s1. The highest BCUT2D eigenvalue weighted by atomic mass is 32.1. The summed E-state index contributed by atoms with van der Waals surface area (Å²) in [6, 6.07) is 1.66. The molecule has 20 heavy (non-hydrogen) atoms. The van der Waals surface area contributed by atoms with Crippen LogP contribution >= 0.6 is 11.3 Å². The molecule has 2 aliphatic heterocycles. The van der Waals surface area contributed by atoms with Crippen molar-refractivity contribution < 1.29 is 14.7 Å². The number of thiophene rings is 1. The number of carbonyl (C=O) groups is 2. The van der Waals surface area contributed by atoms with E-state index in [1.165, 1.54) is 17.7 Å². The minimum atomic E-state index is -1.04. The van der Waals surface area contributed by atoms with Gasteiger partial charge in [0, 0.05) is 6.54 Å². The summed E-state index contributed by atoms with van der Waals surface area (Å²) >= 11 is 1.39. The molecule has 102 valence electrons. The van der Waals surface area contributed by atoms with Crippen LogP contribution in [0.1, 0.15) is 44.7 Å². The molecular formula is C13H11N3O3S. The van der Waals surface area contributed by atoms with Crippen LogP contribution in [0.3, 0.4) is 0 Å². The summed E-state index contributed by atoms with van der Waals surface area (Å²) in [6.45, 7) is 0.672. The van der Waals surface area contributed by atoms with Gasteiger partial charge in [0.15, 0.2) is 5.69 Å². The van der Waals surface area contributed by atoms with Crippen molar-refractivity contribution in [1.82, 2.24) is 14.5 Å². The highest BCUT2D eigenvalue weighted by molar-refractivity contribution is 7.12. The fraction of sp³-hybridized carbons (Fsp3) is 0.308. The lowest BCUT2D eigenvalue weighted by atomic mass is 10.1. The molecule has 0 bridgehead atoms. The zero-order valence-corrected chi connectivity index (χ0v) is 11.3. The molecule has 4 heterocycles. The van der Waals surface area contributed by atoms with E-state index in [1.807, 2.05) is 11.4 Å². The van der Waals surface area contributed by atoms with E-state index in [2.05, 4.69) is 4.98 Å². The average Bonchev–Trinajstić information content (AvgIpc) is 3.14. The van der Waals surface area contributed by atoms with Crippen molar-refractivity contribution in [1.29, 1.82) is 0 Å². The van der Waals surface area contributed by atoms with Gasteiger partial charge in [0.05, 0.1) is 17.4 Å². The molecule has 0 aromatic carbocycles. The Morgan fingerprint density at radius 3 is 3.15 bits per heavy atom. The number of carboxylic acids is 1. The minimum Gasteiger partial charge on any atom is -0.476 e. The number of fused-ring (bicyclic) bond motifs is 5. The highest BCUT2D eigenvalue weighted by Crippen LogP contribution is 2.40. The molecule has 0 radical (unpaired) electrons. The Hall–Kier alpha value is -2.15. The molecular weight excluding hydrogens is 278 g/mol. The van der Waals surface area contributed by atoms with Gasteiger partial charge in [-0.25, -0.2) is 9.78 Å². The maximum atomic E-state index is 12.6. The minimum absolute atomic E-state index is 0.00228. The largest absolute Gasteiger partial charge is 0.476 e. The molecule has 7 heteroatoms. The number of nitrogens with zero attached hydrogens (tertiary/aromatic N) is 3. The van der Waals surface area contributed by atoms with Crippen molar-refractivity contribution in [3.63, 3.8) is 0 Å². The van der Waals surface area contributed by atoms with E-state index < -0.39 is 5.97 Å². The van der Waals surface area contributed by atoms with Crippen LogP contribution in [-0.4, -0.2) is 38.0 Å². The second kappa shape index (κ2) is 3.92. The molecule has 2 aromatic heterocycles. The van der Waals surface area contributed by atoms with Crippen LogP contribution < -0.4 is 0 Å². The predicted molar refractivity (Wildman–Crippen MR) is 71.4 cm³/mol. The van der Waals surface area contributed by atoms with Crippen molar-refractivity contribution in [2.45, 2.75) is 18.9 Å². The fourth-order valence-corrected chi connectivity index (χ4v) is 3.95. The van der Waals surface area contributed by atoms with Gasteiger partial charge >= 0.3 is 5.97 Å². The molecule has 2 aliphatic rings. The van der Waals surface area contributed by atoms with E-state index in [4.69, 9.17) is 0 Å². The zero-order valence-electron chi connectivity index (χ0n) is 10.4. The third-order valence-electron chi connectivity index (χ3n) is 3.93. The van der Waals surface area contributed by atoms with E-state index in [1.54, 1.807) is 9.47 Å². The number of amides is 1. The lowest BCUT2D eigenvalue weighted by molar-refractivity contribution is 0.0674. The highest BCUT2D eigenvalue weighted by Gasteiger charge is 2.40. The number of carboxylic acid groups (broad SMARTS) is 1. The number of aromatic carboxylic acids is 1. The van der Waals surface area contributed by atoms with Crippen LogP contribution in [0, 0.1) is 0 Å². The van der Waals surface area contributed by atoms with Crippen LogP contribution in [0.5, 0.6) is 0 Å². The third kappa shape index (κ3) is 1.35. The van der Waals surface area contributed by atoms with E-state index in [0.29, 0.717) is 17.1 Å². The van der Waals surface area contributed by atoms with Crippen LogP contribution in [0.15, 0.2) is 17.8 Å². The monoisotopic (exact) mass is 289 g/mol. The third-order valence-corrected chi connectivity index (χ3v) is 4.83. The molecule has 0 unspecified atom stereocenters. The van der Waals surface area contributed by atoms with E-state index in [9.17, 15) is 14.7 Å². The Kier molecular flexibility index (Phi) is 2.29. The molecule has 4 rings (SSSR count). The summed E-state index contributed by atoms with van der Waals surface area (Å²) in [4.78, 5) is 30.4. The van der Waals surface area contributed by atoms with Gasteiger partial charge < -0.3 is 10.0 Å². The molecule has 1 amide bonds. The number of carbonyl (C=O) groups excluding carboxylic acids is 1. The van der Waals surface area contributed by atoms with Crippen molar-refractivity contribution in [3.8, 4) is 5.69 Å². The number of aromatic nitrogens is 2. The maximum absolute atomic E-state index is 12.6. The first-order valence-corrected chi connectivity index (χ1v) is 7.26. The Labute approximate surface area is 118 Å². The number of hydrogen-bond acceptors (Lipinski definition) is 4. The van der Waals surface area contributed by atoms with Crippen molar-refractivity contribution in [2.24, 2.45) is 0 Å². The van der Waals surface area contributed by atoms with Gasteiger partial charge in [-0.3, -0.25) is 9.36 Å². The van der Waals surface area contributed by atoms with Crippen LogP contribution in [0.25, 0.3) is 5.69 Å². The van der Waals surface area contributed by atoms with Crippen molar-refractivity contribution in [2.75, 3.05) is 6.54 Å². The van der Waals surface area contributed by atoms with Gasteiger partial charge in [-0.15, -0.1) is 11.3 Å². The quantitative estimate of drug-likeness (QED) is 0.870. The zero-order chi connectivity index (χ0) is 13.9. The molecule has 2 aromatic rings. The Bertz CT molecular complexity index is 733. The van der Waals surface area contributed by atoms with Gasteiger partial charge in [-0.05, 0) is 24.3 Å². The van der Waals surface area contributed by atoms with Gasteiger partial charge in [-0.1, -0.05) is 0 Å². The summed E-state index contributed by atoms with van der Waals surface area (Å²) in [5.74, 6) is -1.05. The first-order chi connectivity index (χ1) is 9.68. The van der Waals surface area contributed by atoms with Gasteiger partial charge in [0.1, 0.15) is 11.2 Å². The number of hydrogen-bond donors (Lipinski definition) is 1. The summed E-state index contributed by atoms with van der Waals surface area (Å²) in [6.07, 6.45) is 3.19. The van der Waals surface area contributed by atoms with Crippen molar-refractivity contribution >= 4 is 23.2 Å². The van der Waals surface area contributed by atoms with Gasteiger partial charge in [0.25, 0.3) is 5.91 Å². The predicted octanol–water partition coefficient (Wildman–Crippen LogP) is 1.92. The molecule has 0 spiro atoms. The smallest absolute Gasteiger partial charge is 0.356 e. The van der Waals surface area contributed by atoms with E-state index in [-0.39, 0.29) is 17.6 Å². The molecule has 1 saturated heterocycles. The average molecular weight is 289 g/mol. The molecule has 0 saturated carbocycles. The van der Waals surface area contributed by atoms with E-state index >= 15 is 0 Å². The summed E-state index contributed by atoms with van der Waals surface area (Å²) < 4.78 is 1.77. The van der Waals surface area contributed by atoms with Crippen LogP contribution in [-0.2, 0) is 0 Å². The molecule has 6 nitrogen and oxygen atoms in total. The summed E-state index contributed by atoms with van der Waals surface area (Å²) in [5.41, 5.74) is 1.42. The summed E-state index contributed by atoms with van der Waals surface area (Å²) in [5, 5.41) is 11.2. The lowest BCUT2D eigenvalue weighted by Gasteiger charge is -2.22. The summed E-state index contributed by atoms with van der Waals surface area (Å²) in [7, 11) is 0. The molecule has 0 aliphatic carbocycles. The van der Waals surface area contributed by atoms with Gasteiger partial charge in [-0.2, -0.15) is 0 Å². The second-order valence-corrected chi connectivity index (χ2v) is 5.86. The Morgan fingerprint density at radius 2 is 2.35 bits per heavy atom. The van der Waals surface area contributed by atoms with Crippen LogP contribution in [0.4, 0.5) is 0 Å². The number of rotatable bonds is 1. The Balaban J connectivity index is 2.04. The van der Waals surface area contributed by atoms with Crippen molar-refractivity contribution in [3.05, 3.63) is 34.0 Å². The lowest BCUT2D eigenvalue weighted by Crippen LogP contribution is -2.29. The maximum Gasteiger partial charge on any atom is 0.356 e. The molecule has 1 atom stereocenters. The van der Waals surface area contributed by atoms with Gasteiger partial charge in [0.2, 0.25) is 0 Å². The fourth-order valence-electron chi connectivity index (χ4n) is 3.11. The topological polar surface area (TPSA) is 75.4 Å². The molecule has 1 fully saturated rings. The van der Waals surface area contributed by atoms with Crippen LogP contribution in [0.2, 0.25) is 0 Å². The molecule has 1 N–H and O–H groups in total. The second-order valence-electron chi connectivity index (χ2n) is 4.95. The van der Waals surface area contributed by atoms with E-state index in [0.717, 1.165) is 18.5 Å². The first-order valence-electron chi connectivity index (χ1n) is 6.38. The SMILES string of the molecule is O=C(O)c1ncn2c1[C@@H]1CCCN1C(=O)c1sccc1-2. The normalized spacial score (nSPS) is 20.3.